The van der Waals surface area contributed by atoms with Crippen LogP contribution < -0.4 is 10.2 Å². The minimum absolute atomic E-state index is 0.0538. The van der Waals surface area contributed by atoms with Crippen molar-refractivity contribution in [3.05, 3.63) is 88.2 Å². The minimum Gasteiger partial charge on any atom is -0.388 e. The van der Waals surface area contributed by atoms with Crippen LogP contribution in [0.4, 0.5) is 47.8 Å². The molecule has 0 aliphatic heterocycles. The molecule has 0 aliphatic rings. The van der Waals surface area contributed by atoms with E-state index >= 15 is 0 Å². The summed E-state index contributed by atoms with van der Waals surface area (Å²) < 4.78 is 89.3. The number of amidine groups is 1. The van der Waals surface area contributed by atoms with Gasteiger partial charge in [0.2, 0.25) is 12.2 Å². The summed E-state index contributed by atoms with van der Waals surface area (Å²) in [5.41, 5.74) is 1.18. The van der Waals surface area contributed by atoms with E-state index < -0.39 is 52.7 Å². The van der Waals surface area contributed by atoms with Crippen LogP contribution in [-0.2, 0) is 16.0 Å². The van der Waals surface area contributed by atoms with Crippen molar-refractivity contribution in [2.75, 3.05) is 17.3 Å². The summed E-state index contributed by atoms with van der Waals surface area (Å²) in [6, 6.07) is 9.26. The highest BCUT2D eigenvalue weighted by atomic mass is 19.2. The summed E-state index contributed by atoms with van der Waals surface area (Å²) in [4.78, 5) is 26.9. The van der Waals surface area contributed by atoms with Gasteiger partial charge in [0.25, 0.3) is 0 Å². The van der Waals surface area contributed by atoms with Crippen LogP contribution in [0.25, 0.3) is 0 Å². The number of rotatable bonds is 6. The van der Waals surface area contributed by atoms with Crippen molar-refractivity contribution in [2.45, 2.75) is 20.3 Å². The Hall–Kier alpha value is -4.22. The zero-order chi connectivity index (χ0) is 27.9. The number of halogens is 7. The van der Waals surface area contributed by atoms with Crippen LogP contribution in [0, 0.1) is 47.6 Å². The van der Waals surface area contributed by atoms with Gasteiger partial charge < -0.3 is 10.1 Å². The smallest absolute Gasteiger partial charge is 0.219 e. The molecule has 0 aromatic heterocycles. The van der Waals surface area contributed by atoms with E-state index in [4.69, 9.17) is 0 Å². The summed E-state index contributed by atoms with van der Waals surface area (Å²) in [7, 11) is 1.80. The number of nitrogens with one attached hydrogen (secondary N) is 1. The first-order valence-electron chi connectivity index (χ1n) is 10.4. The van der Waals surface area contributed by atoms with Gasteiger partial charge in [0.1, 0.15) is 12.1 Å². The van der Waals surface area contributed by atoms with Crippen molar-refractivity contribution in [3.8, 4) is 0 Å². The largest absolute Gasteiger partial charge is 0.388 e. The van der Waals surface area contributed by atoms with Gasteiger partial charge in [0.05, 0.1) is 5.69 Å². The molecular formula is C25H20F7N3O2. The SMILES string of the molecule is CNc1ccc(N(C=O)C(C)=Nc2cc(F)c(F)cc2C)cc1.O=CCc1c(F)c(F)c(F)c(F)c1F. The summed E-state index contributed by atoms with van der Waals surface area (Å²) in [5, 5.41) is 2.98. The van der Waals surface area contributed by atoms with Gasteiger partial charge in [0.15, 0.2) is 34.9 Å². The van der Waals surface area contributed by atoms with E-state index in [0.717, 1.165) is 17.8 Å². The fourth-order valence-corrected chi connectivity index (χ4v) is 3.01. The molecule has 0 spiro atoms. The van der Waals surface area contributed by atoms with Gasteiger partial charge in [0, 0.05) is 36.5 Å². The van der Waals surface area contributed by atoms with E-state index in [9.17, 15) is 40.3 Å². The Labute approximate surface area is 207 Å². The number of aliphatic imine (C=N–C) groups is 1. The highest BCUT2D eigenvalue weighted by Crippen LogP contribution is 2.25. The molecule has 3 aromatic rings. The van der Waals surface area contributed by atoms with E-state index in [1.54, 1.807) is 33.0 Å². The number of amides is 1. The molecule has 0 radical (unpaired) electrons. The maximum Gasteiger partial charge on any atom is 0.219 e. The number of hydrogen-bond donors (Lipinski definition) is 1. The molecule has 0 atom stereocenters. The predicted molar refractivity (Wildman–Crippen MR) is 124 cm³/mol. The standard InChI is InChI=1S/C17H17F2N3O.C8H3F5O/c1-11-8-15(18)16(19)9-17(11)21-12(2)22(10-23)14-6-4-13(20-3)5-7-14;9-4-3(1-2-14)5(10)7(12)8(13)6(4)11/h4-10,20H,1-3H3;2H,1H2. The maximum absolute atomic E-state index is 13.4. The molecular weight excluding hydrogens is 507 g/mol. The van der Waals surface area contributed by atoms with Crippen molar-refractivity contribution in [1.29, 1.82) is 0 Å². The molecule has 0 fully saturated rings. The molecule has 37 heavy (non-hydrogen) atoms. The van der Waals surface area contributed by atoms with E-state index in [-0.39, 0.29) is 12.0 Å². The van der Waals surface area contributed by atoms with Crippen LogP contribution in [0.3, 0.4) is 0 Å². The van der Waals surface area contributed by atoms with Gasteiger partial charge in [-0.3, -0.25) is 9.69 Å². The zero-order valence-electron chi connectivity index (χ0n) is 19.7. The lowest BCUT2D eigenvalue weighted by Crippen LogP contribution is -2.26. The van der Waals surface area contributed by atoms with Gasteiger partial charge in [-0.1, -0.05) is 0 Å². The monoisotopic (exact) mass is 527 g/mol. The van der Waals surface area contributed by atoms with Crippen LogP contribution in [0.5, 0.6) is 0 Å². The number of carbonyl (C=O) groups is 2. The number of hydrogen-bond acceptors (Lipinski definition) is 4. The molecule has 3 aromatic carbocycles. The first kappa shape index (κ1) is 29.0. The Morgan fingerprint density at radius 3 is 1.86 bits per heavy atom. The highest BCUT2D eigenvalue weighted by molar-refractivity contribution is 6.09. The van der Waals surface area contributed by atoms with Crippen LogP contribution in [0.2, 0.25) is 0 Å². The Morgan fingerprint density at radius 1 is 0.865 bits per heavy atom. The van der Waals surface area contributed by atoms with Gasteiger partial charge in [-0.05, 0) is 49.7 Å². The lowest BCUT2D eigenvalue weighted by molar-refractivity contribution is -0.107. The Bertz CT molecular complexity index is 1300. The van der Waals surface area contributed by atoms with E-state index in [2.05, 4.69) is 10.3 Å². The highest BCUT2D eigenvalue weighted by Gasteiger charge is 2.25. The molecule has 0 unspecified atom stereocenters. The molecule has 12 heteroatoms. The number of aryl methyl sites for hydroxylation is 1. The third kappa shape index (κ3) is 6.72. The molecule has 0 heterocycles. The van der Waals surface area contributed by atoms with E-state index in [1.807, 2.05) is 12.1 Å². The second-order valence-electron chi connectivity index (χ2n) is 7.40. The summed E-state index contributed by atoms with van der Waals surface area (Å²) >= 11 is 0. The van der Waals surface area contributed by atoms with Crippen molar-refractivity contribution in [2.24, 2.45) is 4.99 Å². The zero-order valence-corrected chi connectivity index (χ0v) is 19.7. The Kier molecular flexibility index (Phi) is 9.92. The van der Waals surface area contributed by atoms with Crippen molar-refractivity contribution < 1.29 is 40.3 Å². The number of aldehydes is 1. The van der Waals surface area contributed by atoms with Crippen molar-refractivity contribution >= 4 is 35.6 Å². The van der Waals surface area contributed by atoms with Crippen LogP contribution in [0.15, 0.2) is 41.4 Å². The fourth-order valence-electron chi connectivity index (χ4n) is 3.01. The van der Waals surface area contributed by atoms with Crippen molar-refractivity contribution in [3.63, 3.8) is 0 Å². The second-order valence-corrected chi connectivity index (χ2v) is 7.40. The average molecular weight is 527 g/mol. The lowest BCUT2D eigenvalue weighted by Gasteiger charge is -2.17. The fraction of sp³-hybridized carbons (Fsp3) is 0.160. The molecule has 0 saturated carbocycles. The predicted octanol–water partition coefficient (Wildman–Crippen LogP) is 6.15. The van der Waals surface area contributed by atoms with E-state index in [0.29, 0.717) is 23.5 Å². The van der Waals surface area contributed by atoms with Crippen LogP contribution >= 0.6 is 0 Å². The molecule has 0 bridgehead atoms. The van der Waals surface area contributed by atoms with Gasteiger partial charge in [-0.2, -0.15) is 0 Å². The number of benzene rings is 3. The molecule has 0 saturated heterocycles. The summed E-state index contributed by atoms with van der Waals surface area (Å²) in [5.74, 6) is -11.8. The van der Waals surface area contributed by atoms with Gasteiger partial charge in [-0.25, -0.2) is 35.7 Å². The second kappa shape index (κ2) is 12.7. The third-order valence-corrected chi connectivity index (χ3v) is 5.00. The van der Waals surface area contributed by atoms with Gasteiger partial charge >= 0.3 is 0 Å². The van der Waals surface area contributed by atoms with E-state index in [1.165, 1.54) is 4.90 Å². The molecule has 196 valence electrons. The quantitative estimate of drug-likeness (QED) is 0.104. The summed E-state index contributed by atoms with van der Waals surface area (Å²) in [6.45, 7) is 3.25. The normalized spacial score (nSPS) is 10.9. The first-order valence-corrected chi connectivity index (χ1v) is 10.4. The molecule has 1 amide bonds. The van der Waals surface area contributed by atoms with Gasteiger partial charge in [-0.15, -0.1) is 0 Å². The Morgan fingerprint density at radius 2 is 1.38 bits per heavy atom. The first-order chi connectivity index (χ1) is 17.5. The lowest BCUT2D eigenvalue weighted by atomic mass is 10.1. The minimum atomic E-state index is -2.23. The van der Waals surface area contributed by atoms with Crippen molar-refractivity contribution in [1.82, 2.24) is 0 Å². The maximum atomic E-state index is 13.4. The number of carbonyl (C=O) groups excluding carboxylic acids is 2. The molecule has 0 aliphatic carbocycles. The average Bonchev–Trinajstić information content (AvgIpc) is 2.88. The van der Waals surface area contributed by atoms with Crippen LogP contribution in [-0.4, -0.2) is 25.6 Å². The molecule has 3 rings (SSSR count). The Balaban J connectivity index is 0.000000294. The molecule has 5 nitrogen and oxygen atoms in total. The third-order valence-electron chi connectivity index (χ3n) is 5.00. The van der Waals surface area contributed by atoms with Crippen LogP contribution in [0.1, 0.15) is 18.1 Å². The molecule has 1 N–H and O–H groups in total. The topological polar surface area (TPSA) is 61.8 Å². The number of nitrogens with zero attached hydrogens (tertiary/aromatic N) is 2. The summed E-state index contributed by atoms with van der Waals surface area (Å²) in [6.07, 6.45) is -0.174. The number of anilines is 2.